The second kappa shape index (κ2) is 19.6. The van der Waals surface area contributed by atoms with Crippen molar-refractivity contribution in [3.63, 3.8) is 0 Å². The summed E-state index contributed by atoms with van der Waals surface area (Å²) in [7, 11) is 1.44. The quantitative estimate of drug-likeness (QED) is 0.233. The Hall–Kier alpha value is -1.41. The SMILES string of the molecule is CCCCCCCCCC#CCC#CCCCCCCC(=O)OC. The van der Waals surface area contributed by atoms with Gasteiger partial charge < -0.3 is 4.74 Å². The molecule has 0 fully saturated rings. The predicted octanol–water partition coefficient (Wildman–Crippen LogP) is 6.04. The van der Waals surface area contributed by atoms with Crippen LogP contribution in [0.4, 0.5) is 0 Å². The molecule has 0 saturated heterocycles. The molecule has 0 heterocycles. The third-order valence-corrected chi connectivity index (χ3v) is 3.99. The molecular weight excluding hydrogens is 296 g/mol. The Morgan fingerprint density at radius 2 is 1.21 bits per heavy atom. The second-order valence-electron chi connectivity index (χ2n) is 6.25. The van der Waals surface area contributed by atoms with Crippen LogP contribution in [0.15, 0.2) is 0 Å². The minimum Gasteiger partial charge on any atom is -0.469 e. The molecule has 2 nitrogen and oxygen atoms in total. The van der Waals surface area contributed by atoms with Gasteiger partial charge in [-0.3, -0.25) is 4.79 Å². The number of esters is 1. The van der Waals surface area contributed by atoms with E-state index < -0.39 is 0 Å². The van der Waals surface area contributed by atoms with E-state index in [-0.39, 0.29) is 5.97 Å². The molecular formula is C22H36O2. The topological polar surface area (TPSA) is 26.3 Å². The second-order valence-corrected chi connectivity index (χ2v) is 6.25. The Bertz CT molecular complexity index is 403. The number of hydrogen-bond acceptors (Lipinski definition) is 2. The van der Waals surface area contributed by atoms with Gasteiger partial charge in [-0.1, -0.05) is 70.1 Å². The van der Waals surface area contributed by atoms with Crippen LogP contribution in [0.5, 0.6) is 0 Å². The summed E-state index contributed by atoms with van der Waals surface area (Å²) in [4.78, 5) is 10.9. The van der Waals surface area contributed by atoms with Gasteiger partial charge in [0.25, 0.3) is 0 Å². The maximum Gasteiger partial charge on any atom is 0.305 e. The first-order chi connectivity index (χ1) is 11.8. The first-order valence-electron chi connectivity index (χ1n) is 9.79. The third kappa shape index (κ3) is 18.6. The van der Waals surface area contributed by atoms with Crippen LogP contribution in [0.2, 0.25) is 0 Å². The van der Waals surface area contributed by atoms with Crippen LogP contribution in [-0.4, -0.2) is 13.1 Å². The van der Waals surface area contributed by atoms with Gasteiger partial charge in [0.1, 0.15) is 0 Å². The van der Waals surface area contributed by atoms with Crippen LogP contribution in [0.3, 0.4) is 0 Å². The first kappa shape index (κ1) is 22.6. The lowest BCUT2D eigenvalue weighted by atomic mass is 10.1. The molecule has 0 amide bonds. The van der Waals surface area contributed by atoms with E-state index in [1.54, 1.807) is 0 Å². The molecule has 136 valence electrons. The standard InChI is InChI=1S/C22H36O2/c1-3-4-5-6-7-8-9-10-11-12-13-14-15-16-17-18-19-20-21-22(23)24-2/h3-10,13,16-21H2,1-2H3. The number of carbonyl (C=O) groups excluding carboxylic acids is 1. The molecule has 0 aromatic carbocycles. The molecule has 0 aliphatic heterocycles. The monoisotopic (exact) mass is 332 g/mol. The van der Waals surface area contributed by atoms with E-state index in [1.165, 1.54) is 52.1 Å². The summed E-state index contributed by atoms with van der Waals surface area (Å²) in [5.74, 6) is 12.6. The summed E-state index contributed by atoms with van der Waals surface area (Å²) in [6.45, 7) is 2.26. The number of rotatable bonds is 13. The highest BCUT2D eigenvalue weighted by atomic mass is 16.5. The maximum absolute atomic E-state index is 10.9. The summed E-state index contributed by atoms with van der Waals surface area (Å²) in [6.07, 6.45) is 16.8. The summed E-state index contributed by atoms with van der Waals surface area (Å²) in [5.41, 5.74) is 0. The fourth-order valence-corrected chi connectivity index (χ4v) is 2.45. The lowest BCUT2D eigenvalue weighted by Crippen LogP contribution is -1.98. The Balaban J connectivity index is 3.29. The molecule has 0 aromatic heterocycles. The minimum atomic E-state index is -0.107. The number of methoxy groups -OCH3 is 1. The van der Waals surface area contributed by atoms with Gasteiger partial charge in [-0.15, -0.1) is 11.8 Å². The normalized spacial score (nSPS) is 9.58. The highest BCUT2D eigenvalue weighted by molar-refractivity contribution is 5.68. The number of carbonyl (C=O) groups is 1. The van der Waals surface area contributed by atoms with Crippen molar-refractivity contribution in [1.82, 2.24) is 0 Å². The number of ether oxygens (including phenoxy) is 1. The van der Waals surface area contributed by atoms with Crippen LogP contribution in [0.1, 0.15) is 103 Å². The minimum absolute atomic E-state index is 0.107. The zero-order valence-corrected chi connectivity index (χ0v) is 15.9. The fourth-order valence-electron chi connectivity index (χ4n) is 2.45. The Kier molecular flexibility index (Phi) is 18.5. The van der Waals surface area contributed by atoms with E-state index in [0.717, 1.165) is 38.5 Å². The Labute approximate surface area is 150 Å². The van der Waals surface area contributed by atoms with Gasteiger partial charge in [0.05, 0.1) is 13.5 Å². The highest BCUT2D eigenvalue weighted by Gasteiger charge is 1.98. The third-order valence-electron chi connectivity index (χ3n) is 3.99. The van der Waals surface area contributed by atoms with Crippen molar-refractivity contribution < 1.29 is 9.53 Å². The smallest absolute Gasteiger partial charge is 0.305 e. The zero-order chi connectivity index (χ0) is 17.7. The van der Waals surface area contributed by atoms with E-state index in [9.17, 15) is 4.79 Å². The molecule has 0 aliphatic carbocycles. The molecule has 0 aromatic rings. The van der Waals surface area contributed by atoms with Crippen molar-refractivity contribution in [3.8, 4) is 23.7 Å². The van der Waals surface area contributed by atoms with Crippen LogP contribution < -0.4 is 0 Å². The predicted molar refractivity (Wildman–Crippen MR) is 102 cm³/mol. The summed E-state index contributed by atoms with van der Waals surface area (Å²) in [6, 6.07) is 0. The van der Waals surface area contributed by atoms with Gasteiger partial charge >= 0.3 is 5.97 Å². The first-order valence-corrected chi connectivity index (χ1v) is 9.79. The molecule has 0 bridgehead atoms. The molecule has 0 N–H and O–H groups in total. The van der Waals surface area contributed by atoms with Gasteiger partial charge in [0.15, 0.2) is 0 Å². The largest absolute Gasteiger partial charge is 0.469 e. The zero-order valence-electron chi connectivity index (χ0n) is 15.9. The molecule has 0 rings (SSSR count). The van der Waals surface area contributed by atoms with Crippen molar-refractivity contribution in [2.24, 2.45) is 0 Å². The van der Waals surface area contributed by atoms with Gasteiger partial charge in [-0.05, 0) is 19.3 Å². The average Bonchev–Trinajstić information content (AvgIpc) is 2.60. The summed E-state index contributed by atoms with van der Waals surface area (Å²) in [5, 5.41) is 0. The van der Waals surface area contributed by atoms with E-state index in [1.807, 2.05) is 0 Å². The molecule has 2 heteroatoms. The van der Waals surface area contributed by atoms with Crippen molar-refractivity contribution >= 4 is 5.97 Å². The van der Waals surface area contributed by atoms with Gasteiger partial charge in [0.2, 0.25) is 0 Å². The Morgan fingerprint density at radius 1 is 0.708 bits per heavy atom. The fraction of sp³-hybridized carbons (Fsp3) is 0.773. The maximum atomic E-state index is 10.9. The van der Waals surface area contributed by atoms with Gasteiger partial charge in [-0.2, -0.15) is 0 Å². The van der Waals surface area contributed by atoms with Crippen LogP contribution in [0, 0.1) is 23.7 Å². The lowest BCUT2D eigenvalue weighted by molar-refractivity contribution is -0.140. The van der Waals surface area contributed by atoms with Crippen LogP contribution in [-0.2, 0) is 9.53 Å². The number of unbranched alkanes of at least 4 members (excludes halogenated alkanes) is 11. The van der Waals surface area contributed by atoms with Gasteiger partial charge in [-0.25, -0.2) is 0 Å². The van der Waals surface area contributed by atoms with Crippen molar-refractivity contribution in [2.75, 3.05) is 7.11 Å². The number of hydrogen-bond donors (Lipinski definition) is 0. The lowest BCUT2D eigenvalue weighted by Gasteiger charge is -1.98. The van der Waals surface area contributed by atoms with E-state index in [2.05, 4.69) is 35.3 Å². The van der Waals surface area contributed by atoms with E-state index in [0.29, 0.717) is 12.8 Å². The molecule has 0 saturated carbocycles. The molecule has 0 radical (unpaired) electrons. The van der Waals surface area contributed by atoms with Crippen molar-refractivity contribution in [1.29, 1.82) is 0 Å². The average molecular weight is 333 g/mol. The molecule has 0 spiro atoms. The molecule has 0 aliphatic rings. The Morgan fingerprint density at radius 3 is 1.75 bits per heavy atom. The van der Waals surface area contributed by atoms with E-state index in [4.69, 9.17) is 0 Å². The van der Waals surface area contributed by atoms with Crippen molar-refractivity contribution in [3.05, 3.63) is 0 Å². The molecule has 0 unspecified atom stereocenters. The molecule has 24 heavy (non-hydrogen) atoms. The van der Waals surface area contributed by atoms with Gasteiger partial charge in [0, 0.05) is 19.3 Å². The van der Waals surface area contributed by atoms with E-state index >= 15 is 0 Å². The van der Waals surface area contributed by atoms with Crippen LogP contribution in [0.25, 0.3) is 0 Å². The summed E-state index contributed by atoms with van der Waals surface area (Å²) < 4.78 is 4.61. The van der Waals surface area contributed by atoms with Crippen LogP contribution >= 0.6 is 0 Å². The molecule has 0 atom stereocenters. The summed E-state index contributed by atoms with van der Waals surface area (Å²) >= 11 is 0. The van der Waals surface area contributed by atoms with Crippen molar-refractivity contribution in [2.45, 2.75) is 103 Å². The highest BCUT2D eigenvalue weighted by Crippen LogP contribution is 2.08.